The maximum Gasteiger partial charge on any atom is 0.257 e. The number of nitrogens with one attached hydrogen (secondary N) is 3. The van der Waals surface area contributed by atoms with Gasteiger partial charge < -0.3 is 20.7 Å². The Bertz CT molecular complexity index is 732. The molecule has 0 spiro atoms. The summed E-state index contributed by atoms with van der Waals surface area (Å²) < 4.78 is 0. The summed E-state index contributed by atoms with van der Waals surface area (Å²) in [5, 5.41) is 15.0. The van der Waals surface area contributed by atoms with E-state index >= 15 is 0 Å². The molecule has 4 N–H and O–H groups in total. The molecule has 0 radical (unpaired) electrons. The SMILES string of the molecule is CNC(=O)c1ccc(O)c(NC(=O)c2c[nH]cc2C2CC2)c1. The lowest BCUT2D eigenvalue weighted by Crippen LogP contribution is -2.18. The predicted molar refractivity (Wildman–Crippen MR) is 82.2 cm³/mol. The molecule has 0 aliphatic heterocycles. The molecule has 1 aromatic heterocycles. The molecule has 114 valence electrons. The molecule has 1 heterocycles. The average molecular weight is 299 g/mol. The summed E-state index contributed by atoms with van der Waals surface area (Å²) in [7, 11) is 1.52. The van der Waals surface area contributed by atoms with E-state index in [1.54, 1.807) is 6.20 Å². The number of hydrogen-bond donors (Lipinski definition) is 4. The largest absolute Gasteiger partial charge is 0.506 e. The van der Waals surface area contributed by atoms with Gasteiger partial charge in [0.1, 0.15) is 5.75 Å². The third-order valence-electron chi connectivity index (χ3n) is 3.77. The van der Waals surface area contributed by atoms with Gasteiger partial charge in [0.2, 0.25) is 0 Å². The molecule has 2 aromatic rings. The van der Waals surface area contributed by atoms with Crippen molar-refractivity contribution in [2.45, 2.75) is 18.8 Å². The molecule has 2 amide bonds. The Hall–Kier alpha value is -2.76. The number of aromatic nitrogens is 1. The van der Waals surface area contributed by atoms with Gasteiger partial charge in [-0.25, -0.2) is 0 Å². The van der Waals surface area contributed by atoms with Gasteiger partial charge in [-0.05, 0) is 42.5 Å². The van der Waals surface area contributed by atoms with E-state index in [0.29, 0.717) is 17.0 Å². The number of aromatic hydroxyl groups is 1. The van der Waals surface area contributed by atoms with Crippen LogP contribution in [0.5, 0.6) is 5.75 Å². The van der Waals surface area contributed by atoms with Gasteiger partial charge in [0.25, 0.3) is 11.8 Å². The Morgan fingerprint density at radius 3 is 2.68 bits per heavy atom. The minimum absolute atomic E-state index is 0.0792. The van der Waals surface area contributed by atoms with Crippen molar-refractivity contribution in [1.29, 1.82) is 0 Å². The van der Waals surface area contributed by atoms with Gasteiger partial charge in [-0.15, -0.1) is 0 Å². The first-order valence-corrected chi connectivity index (χ1v) is 7.13. The lowest BCUT2D eigenvalue weighted by Gasteiger charge is -2.09. The first-order chi connectivity index (χ1) is 10.6. The van der Waals surface area contributed by atoms with E-state index in [9.17, 15) is 14.7 Å². The van der Waals surface area contributed by atoms with Gasteiger partial charge in [0.15, 0.2) is 0 Å². The first-order valence-electron chi connectivity index (χ1n) is 7.13. The molecular weight excluding hydrogens is 282 g/mol. The molecule has 1 fully saturated rings. The number of phenolic OH excluding ortho intramolecular Hbond substituents is 1. The summed E-state index contributed by atoms with van der Waals surface area (Å²) in [6.45, 7) is 0. The number of rotatable bonds is 4. The molecule has 1 aliphatic carbocycles. The quantitative estimate of drug-likeness (QED) is 0.652. The van der Waals surface area contributed by atoms with Crippen molar-refractivity contribution in [3.05, 3.63) is 47.3 Å². The summed E-state index contributed by atoms with van der Waals surface area (Å²) in [5.74, 6) is -0.217. The number of anilines is 1. The molecule has 1 saturated carbocycles. The first kappa shape index (κ1) is 14.2. The second-order valence-corrected chi connectivity index (χ2v) is 5.36. The van der Waals surface area contributed by atoms with Gasteiger partial charge in [-0.3, -0.25) is 9.59 Å². The maximum absolute atomic E-state index is 12.4. The number of H-pyrrole nitrogens is 1. The van der Waals surface area contributed by atoms with Gasteiger partial charge in [-0.2, -0.15) is 0 Å². The molecule has 22 heavy (non-hydrogen) atoms. The maximum atomic E-state index is 12.4. The molecule has 0 unspecified atom stereocenters. The summed E-state index contributed by atoms with van der Waals surface area (Å²) in [6.07, 6.45) is 5.68. The fraction of sp³-hybridized carbons (Fsp3) is 0.250. The highest BCUT2D eigenvalue weighted by Crippen LogP contribution is 2.41. The van der Waals surface area contributed by atoms with E-state index in [1.165, 1.54) is 25.2 Å². The number of carbonyl (C=O) groups excluding carboxylic acids is 2. The van der Waals surface area contributed by atoms with Crippen LogP contribution in [0.3, 0.4) is 0 Å². The van der Waals surface area contributed by atoms with Crippen LogP contribution in [0.25, 0.3) is 0 Å². The van der Waals surface area contributed by atoms with Crippen LogP contribution in [0.4, 0.5) is 5.69 Å². The van der Waals surface area contributed by atoms with E-state index in [-0.39, 0.29) is 23.3 Å². The molecule has 3 rings (SSSR count). The molecule has 0 bridgehead atoms. The third-order valence-corrected chi connectivity index (χ3v) is 3.77. The number of aromatic amines is 1. The lowest BCUT2D eigenvalue weighted by atomic mass is 10.1. The lowest BCUT2D eigenvalue weighted by molar-refractivity contribution is 0.0961. The van der Waals surface area contributed by atoms with Crippen molar-refractivity contribution >= 4 is 17.5 Å². The van der Waals surface area contributed by atoms with Crippen LogP contribution in [-0.4, -0.2) is 29.0 Å². The molecule has 0 atom stereocenters. The standard InChI is InChI=1S/C16H17N3O3/c1-17-15(21)10-4-5-14(20)13(6-10)19-16(22)12-8-18-7-11(12)9-2-3-9/h4-9,18,20H,2-3H2,1H3,(H,17,21)(H,19,22). The van der Waals surface area contributed by atoms with Crippen LogP contribution in [0.2, 0.25) is 0 Å². The van der Waals surface area contributed by atoms with Crippen LogP contribution in [0.15, 0.2) is 30.6 Å². The number of amides is 2. The highest BCUT2D eigenvalue weighted by molar-refractivity contribution is 6.07. The van der Waals surface area contributed by atoms with Crippen LogP contribution in [0.1, 0.15) is 45.0 Å². The van der Waals surface area contributed by atoms with Crippen LogP contribution >= 0.6 is 0 Å². The molecule has 0 saturated heterocycles. The second kappa shape index (κ2) is 5.55. The molecule has 1 aliphatic rings. The monoisotopic (exact) mass is 299 g/mol. The van der Waals surface area contributed by atoms with Crippen molar-refractivity contribution < 1.29 is 14.7 Å². The third kappa shape index (κ3) is 2.67. The molecule has 6 nitrogen and oxygen atoms in total. The number of hydrogen-bond acceptors (Lipinski definition) is 3. The van der Waals surface area contributed by atoms with E-state index in [0.717, 1.165) is 18.4 Å². The highest BCUT2D eigenvalue weighted by atomic mass is 16.3. The van der Waals surface area contributed by atoms with Gasteiger partial charge >= 0.3 is 0 Å². The zero-order chi connectivity index (χ0) is 15.7. The zero-order valence-electron chi connectivity index (χ0n) is 12.1. The minimum atomic E-state index is -0.299. The average Bonchev–Trinajstić information content (AvgIpc) is 3.25. The molecule has 6 heteroatoms. The van der Waals surface area contributed by atoms with Crippen LogP contribution in [-0.2, 0) is 0 Å². The Kier molecular flexibility index (Phi) is 3.58. The van der Waals surface area contributed by atoms with Crippen molar-refractivity contribution in [1.82, 2.24) is 10.3 Å². The van der Waals surface area contributed by atoms with Gasteiger partial charge in [0.05, 0.1) is 11.3 Å². The number of benzene rings is 1. The fourth-order valence-electron chi connectivity index (χ4n) is 2.42. The minimum Gasteiger partial charge on any atom is -0.506 e. The van der Waals surface area contributed by atoms with Crippen molar-refractivity contribution in [2.75, 3.05) is 12.4 Å². The van der Waals surface area contributed by atoms with Gasteiger partial charge in [-0.1, -0.05) is 0 Å². The van der Waals surface area contributed by atoms with E-state index in [2.05, 4.69) is 15.6 Å². The van der Waals surface area contributed by atoms with Crippen LogP contribution in [0, 0.1) is 0 Å². The summed E-state index contributed by atoms with van der Waals surface area (Å²) in [4.78, 5) is 27.0. The summed E-state index contributed by atoms with van der Waals surface area (Å²) in [6, 6.07) is 4.34. The normalized spacial score (nSPS) is 13.7. The number of phenols is 1. The van der Waals surface area contributed by atoms with E-state index < -0.39 is 0 Å². The smallest absolute Gasteiger partial charge is 0.257 e. The second-order valence-electron chi connectivity index (χ2n) is 5.36. The Labute approximate surface area is 127 Å². The Morgan fingerprint density at radius 1 is 1.23 bits per heavy atom. The van der Waals surface area contributed by atoms with Crippen molar-refractivity contribution in [3.63, 3.8) is 0 Å². The van der Waals surface area contributed by atoms with E-state index in [4.69, 9.17) is 0 Å². The van der Waals surface area contributed by atoms with Crippen molar-refractivity contribution in [2.24, 2.45) is 0 Å². The Morgan fingerprint density at radius 2 is 2.00 bits per heavy atom. The van der Waals surface area contributed by atoms with Gasteiger partial charge in [0, 0.05) is 25.0 Å². The highest BCUT2D eigenvalue weighted by Gasteiger charge is 2.28. The number of carbonyl (C=O) groups is 2. The molecular formula is C16H17N3O3. The van der Waals surface area contributed by atoms with Crippen molar-refractivity contribution in [3.8, 4) is 5.75 Å². The van der Waals surface area contributed by atoms with Crippen LogP contribution < -0.4 is 10.6 Å². The molecule has 1 aromatic carbocycles. The zero-order valence-corrected chi connectivity index (χ0v) is 12.1. The predicted octanol–water partition coefficient (Wildman–Crippen LogP) is 2.21. The Balaban J connectivity index is 1.84. The topological polar surface area (TPSA) is 94.2 Å². The summed E-state index contributed by atoms with van der Waals surface area (Å²) in [5.41, 5.74) is 2.16. The summed E-state index contributed by atoms with van der Waals surface area (Å²) >= 11 is 0. The van der Waals surface area contributed by atoms with E-state index in [1.807, 2.05) is 6.20 Å². The fourth-order valence-corrected chi connectivity index (χ4v) is 2.42.